The molecule has 0 fully saturated rings. The van der Waals surface area contributed by atoms with E-state index in [0.717, 1.165) is 17.1 Å². The molecule has 0 bridgehead atoms. The van der Waals surface area contributed by atoms with Crippen molar-refractivity contribution in [3.05, 3.63) is 70.2 Å². The third kappa shape index (κ3) is 3.34. The van der Waals surface area contributed by atoms with Gasteiger partial charge >= 0.3 is 0 Å². The van der Waals surface area contributed by atoms with Crippen LogP contribution in [-0.2, 0) is 6.54 Å². The van der Waals surface area contributed by atoms with Crippen LogP contribution in [0.25, 0.3) is 0 Å². The van der Waals surface area contributed by atoms with E-state index in [0.29, 0.717) is 0 Å². The van der Waals surface area contributed by atoms with Gasteiger partial charge in [-0.05, 0) is 31.0 Å². The van der Waals surface area contributed by atoms with Crippen LogP contribution < -0.4 is 5.32 Å². The van der Waals surface area contributed by atoms with Gasteiger partial charge in [0.15, 0.2) is 0 Å². The first kappa shape index (κ1) is 13.1. The first-order valence-corrected chi connectivity index (χ1v) is 6.58. The number of aryl methyl sites for hydroxylation is 1. The zero-order chi connectivity index (χ0) is 13.0. The molecular formula is C16H18ClN. The second-order valence-corrected chi connectivity index (χ2v) is 5.02. The van der Waals surface area contributed by atoms with Crippen LogP contribution in [0.15, 0.2) is 48.5 Å². The van der Waals surface area contributed by atoms with E-state index < -0.39 is 0 Å². The van der Waals surface area contributed by atoms with Crippen LogP contribution in [0.1, 0.15) is 29.7 Å². The minimum absolute atomic E-state index is 0.250. The molecule has 2 rings (SSSR count). The van der Waals surface area contributed by atoms with Crippen molar-refractivity contribution in [2.75, 3.05) is 0 Å². The Kier molecular flexibility index (Phi) is 4.40. The SMILES string of the molecule is Cc1ccc(CN[C@@H](C)c2ccccc2Cl)cc1. The molecule has 1 nitrogen and oxygen atoms in total. The van der Waals surface area contributed by atoms with E-state index in [1.165, 1.54) is 11.1 Å². The fourth-order valence-corrected chi connectivity index (χ4v) is 2.21. The Morgan fingerprint density at radius 1 is 1.06 bits per heavy atom. The van der Waals surface area contributed by atoms with E-state index in [-0.39, 0.29) is 6.04 Å². The number of nitrogens with one attached hydrogen (secondary N) is 1. The van der Waals surface area contributed by atoms with Gasteiger partial charge in [-0.3, -0.25) is 0 Å². The van der Waals surface area contributed by atoms with Crippen LogP contribution >= 0.6 is 11.6 Å². The summed E-state index contributed by atoms with van der Waals surface area (Å²) >= 11 is 6.18. The van der Waals surface area contributed by atoms with Crippen molar-refractivity contribution in [3.63, 3.8) is 0 Å². The molecule has 0 aliphatic rings. The van der Waals surface area contributed by atoms with E-state index in [2.05, 4.69) is 49.5 Å². The quantitative estimate of drug-likeness (QED) is 0.853. The molecule has 2 aromatic carbocycles. The lowest BCUT2D eigenvalue weighted by molar-refractivity contribution is 0.575. The van der Waals surface area contributed by atoms with E-state index in [9.17, 15) is 0 Å². The largest absolute Gasteiger partial charge is 0.306 e. The molecule has 0 spiro atoms. The van der Waals surface area contributed by atoms with Crippen LogP contribution in [0, 0.1) is 6.92 Å². The zero-order valence-corrected chi connectivity index (χ0v) is 11.5. The van der Waals surface area contributed by atoms with E-state index in [1.807, 2.05) is 18.2 Å². The highest BCUT2D eigenvalue weighted by Crippen LogP contribution is 2.22. The summed E-state index contributed by atoms with van der Waals surface area (Å²) in [5.41, 5.74) is 3.73. The molecule has 1 atom stereocenters. The molecule has 0 saturated heterocycles. The standard InChI is InChI=1S/C16H18ClN/c1-12-7-9-14(10-8-12)11-18-13(2)15-5-3-4-6-16(15)17/h3-10,13,18H,11H2,1-2H3/t13-/m0/s1. The molecule has 2 aromatic rings. The van der Waals surface area contributed by atoms with Crippen molar-refractivity contribution >= 4 is 11.6 Å². The number of hydrogen-bond donors (Lipinski definition) is 1. The molecule has 0 saturated carbocycles. The summed E-state index contributed by atoms with van der Waals surface area (Å²) in [5.74, 6) is 0. The number of rotatable bonds is 4. The molecule has 0 amide bonds. The average molecular weight is 260 g/mol. The Morgan fingerprint density at radius 2 is 1.72 bits per heavy atom. The Bertz CT molecular complexity index is 505. The molecule has 0 aromatic heterocycles. The number of benzene rings is 2. The van der Waals surface area contributed by atoms with Gasteiger partial charge in [0.25, 0.3) is 0 Å². The molecular weight excluding hydrogens is 242 g/mol. The summed E-state index contributed by atoms with van der Waals surface area (Å²) in [6.45, 7) is 5.09. The Morgan fingerprint density at radius 3 is 2.39 bits per heavy atom. The van der Waals surface area contributed by atoms with Gasteiger partial charge in [-0.2, -0.15) is 0 Å². The van der Waals surface area contributed by atoms with Gasteiger partial charge in [0.2, 0.25) is 0 Å². The number of halogens is 1. The van der Waals surface area contributed by atoms with Crippen LogP contribution in [0.4, 0.5) is 0 Å². The fraction of sp³-hybridized carbons (Fsp3) is 0.250. The molecule has 94 valence electrons. The minimum atomic E-state index is 0.250. The fourth-order valence-electron chi connectivity index (χ4n) is 1.91. The Labute approximate surface area is 114 Å². The predicted octanol–water partition coefficient (Wildman–Crippen LogP) is 4.50. The normalized spacial score (nSPS) is 12.4. The number of hydrogen-bond acceptors (Lipinski definition) is 1. The van der Waals surface area contributed by atoms with Crippen LogP contribution in [0.2, 0.25) is 5.02 Å². The van der Waals surface area contributed by atoms with Crippen LogP contribution in [-0.4, -0.2) is 0 Å². The highest BCUT2D eigenvalue weighted by molar-refractivity contribution is 6.31. The molecule has 2 heteroatoms. The summed E-state index contributed by atoms with van der Waals surface area (Å²) in [4.78, 5) is 0. The second-order valence-electron chi connectivity index (χ2n) is 4.61. The lowest BCUT2D eigenvalue weighted by atomic mass is 10.1. The van der Waals surface area contributed by atoms with E-state index in [4.69, 9.17) is 11.6 Å². The van der Waals surface area contributed by atoms with Crippen LogP contribution in [0.5, 0.6) is 0 Å². The van der Waals surface area contributed by atoms with Gasteiger partial charge in [0.1, 0.15) is 0 Å². The molecule has 1 N–H and O–H groups in total. The van der Waals surface area contributed by atoms with Gasteiger partial charge in [0.05, 0.1) is 0 Å². The van der Waals surface area contributed by atoms with Crippen molar-refractivity contribution in [1.82, 2.24) is 5.32 Å². The zero-order valence-electron chi connectivity index (χ0n) is 10.8. The molecule has 0 unspecified atom stereocenters. The average Bonchev–Trinajstić information content (AvgIpc) is 2.38. The lowest BCUT2D eigenvalue weighted by Gasteiger charge is -2.15. The maximum atomic E-state index is 6.18. The minimum Gasteiger partial charge on any atom is -0.306 e. The first-order valence-electron chi connectivity index (χ1n) is 6.20. The van der Waals surface area contributed by atoms with Gasteiger partial charge < -0.3 is 5.32 Å². The Balaban J connectivity index is 1.98. The molecule has 0 aliphatic heterocycles. The third-order valence-corrected chi connectivity index (χ3v) is 3.45. The van der Waals surface area contributed by atoms with Crippen molar-refractivity contribution in [2.24, 2.45) is 0 Å². The van der Waals surface area contributed by atoms with E-state index >= 15 is 0 Å². The van der Waals surface area contributed by atoms with Crippen LogP contribution in [0.3, 0.4) is 0 Å². The van der Waals surface area contributed by atoms with Gasteiger partial charge in [-0.25, -0.2) is 0 Å². The summed E-state index contributed by atoms with van der Waals surface area (Å²) in [5, 5.41) is 4.31. The predicted molar refractivity (Wildman–Crippen MR) is 77.9 cm³/mol. The summed E-state index contributed by atoms with van der Waals surface area (Å²) in [6.07, 6.45) is 0. The summed E-state index contributed by atoms with van der Waals surface area (Å²) in [6, 6.07) is 16.8. The maximum Gasteiger partial charge on any atom is 0.0453 e. The van der Waals surface area contributed by atoms with Crippen molar-refractivity contribution in [2.45, 2.75) is 26.4 Å². The van der Waals surface area contributed by atoms with Gasteiger partial charge in [-0.1, -0.05) is 59.6 Å². The first-order chi connectivity index (χ1) is 8.66. The monoisotopic (exact) mass is 259 g/mol. The highest BCUT2D eigenvalue weighted by atomic mass is 35.5. The summed E-state index contributed by atoms with van der Waals surface area (Å²) < 4.78 is 0. The Hall–Kier alpha value is -1.31. The van der Waals surface area contributed by atoms with Crippen molar-refractivity contribution in [1.29, 1.82) is 0 Å². The molecule has 0 radical (unpaired) electrons. The topological polar surface area (TPSA) is 12.0 Å². The molecule has 18 heavy (non-hydrogen) atoms. The third-order valence-electron chi connectivity index (χ3n) is 3.10. The van der Waals surface area contributed by atoms with E-state index in [1.54, 1.807) is 0 Å². The highest BCUT2D eigenvalue weighted by Gasteiger charge is 2.07. The molecule has 0 heterocycles. The lowest BCUT2D eigenvalue weighted by Crippen LogP contribution is -2.18. The summed E-state index contributed by atoms with van der Waals surface area (Å²) in [7, 11) is 0. The van der Waals surface area contributed by atoms with Crippen molar-refractivity contribution < 1.29 is 0 Å². The van der Waals surface area contributed by atoms with Crippen molar-refractivity contribution in [3.8, 4) is 0 Å². The molecule has 0 aliphatic carbocycles. The van der Waals surface area contributed by atoms with Gasteiger partial charge in [0, 0.05) is 17.6 Å². The smallest absolute Gasteiger partial charge is 0.0453 e. The second kappa shape index (κ2) is 6.03. The van der Waals surface area contributed by atoms with Gasteiger partial charge in [-0.15, -0.1) is 0 Å². The maximum absolute atomic E-state index is 6.18.